The number of ether oxygens (including phenoxy) is 6. The van der Waals surface area contributed by atoms with Gasteiger partial charge < -0.3 is 46.8 Å². The quantitative estimate of drug-likeness (QED) is 0.0730. The van der Waals surface area contributed by atoms with Gasteiger partial charge in [-0.3, -0.25) is 4.79 Å². The Morgan fingerprint density at radius 2 is 0.802 bits per heavy atom. The number of aryl methyl sites for hydroxylation is 1. The lowest BCUT2D eigenvalue weighted by molar-refractivity contribution is -0.0130. The molecule has 1 N–H and O–H groups in total. The number of hydrogen-bond acceptors (Lipinski definition) is 13. The van der Waals surface area contributed by atoms with Crippen LogP contribution < -0.4 is 28.4 Å². The highest BCUT2D eigenvalue weighted by Gasteiger charge is 2.54. The Labute approximate surface area is 684 Å². The van der Waals surface area contributed by atoms with Crippen molar-refractivity contribution in [3.8, 4) is 34.5 Å². The molecule has 0 amide bonds. The van der Waals surface area contributed by atoms with Crippen LogP contribution >= 0.6 is 39.5 Å². The SMILES string of the molecule is CC(C)(C)[Si](C)(C)OCc1ccc(Br)cc1.COc1ccc(C2(C)CCc3cc(OC)ccc3C2(O)c2ccc(CO[Si](C)(C)C(C)(C)C)cc2)cc1.COc1ccc(C2(C)CSc3cc(OC)ccc3C2=O)cc1.COc1ccc([C@@]2(C)CSc3cc(OC)ccc3[C@H]2c2ccc(CO[Si](C)(C)C(C)(C)C)cc2)cc1. The molecule has 1 aliphatic carbocycles. The van der Waals surface area contributed by atoms with Crippen LogP contribution in [0.2, 0.25) is 54.4 Å². The van der Waals surface area contributed by atoms with Crippen molar-refractivity contribution in [2.75, 3.05) is 54.2 Å². The Balaban J connectivity index is 0.000000178. The minimum Gasteiger partial charge on any atom is -0.497 e. The van der Waals surface area contributed by atoms with Crippen molar-refractivity contribution >= 4 is 70.2 Å². The first-order chi connectivity index (χ1) is 52.1. The highest BCUT2D eigenvalue weighted by atomic mass is 79.9. The molecule has 2 aliphatic heterocycles. The summed E-state index contributed by atoms with van der Waals surface area (Å²) < 4.78 is 52.5. The van der Waals surface area contributed by atoms with E-state index >= 15 is 0 Å². The van der Waals surface area contributed by atoms with Gasteiger partial charge >= 0.3 is 0 Å². The summed E-state index contributed by atoms with van der Waals surface area (Å²) in [6.07, 6.45) is 1.65. The lowest BCUT2D eigenvalue weighted by atomic mass is 9.56. The summed E-state index contributed by atoms with van der Waals surface area (Å²) >= 11 is 7.06. The monoisotopic (exact) mass is 1650 g/mol. The molecule has 0 spiro atoms. The third-order valence-electron chi connectivity index (χ3n) is 24.6. The van der Waals surface area contributed by atoms with E-state index in [1.807, 2.05) is 85.4 Å². The molecule has 0 saturated heterocycles. The van der Waals surface area contributed by atoms with Crippen LogP contribution in [0.3, 0.4) is 0 Å². The molecule has 3 aliphatic rings. The Hall–Kier alpha value is -6.88. The van der Waals surface area contributed by atoms with E-state index in [0.717, 1.165) is 114 Å². The lowest BCUT2D eigenvalue weighted by Crippen LogP contribution is -2.51. The Morgan fingerprint density at radius 1 is 0.432 bits per heavy atom. The first kappa shape index (κ1) is 88.1. The highest BCUT2D eigenvalue weighted by Crippen LogP contribution is 2.56. The predicted molar refractivity (Wildman–Crippen MR) is 472 cm³/mol. The van der Waals surface area contributed by atoms with E-state index in [1.54, 1.807) is 54.4 Å². The zero-order chi connectivity index (χ0) is 81.3. The summed E-state index contributed by atoms with van der Waals surface area (Å²) in [5.41, 5.74) is 11.1. The number of carbonyl (C=O) groups excluding carboxylic acids is 1. The maximum Gasteiger partial charge on any atom is 0.192 e. The van der Waals surface area contributed by atoms with Crippen LogP contribution in [-0.4, -0.2) is 90.0 Å². The summed E-state index contributed by atoms with van der Waals surface area (Å²) in [4.78, 5) is 15.3. The predicted octanol–water partition coefficient (Wildman–Crippen LogP) is 24.7. The molecule has 17 heteroatoms. The molecule has 3 unspecified atom stereocenters. The van der Waals surface area contributed by atoms with Crippen LogP contribution in [0.5, 0.6) is 34.5 Å². The van der Waals surface area contributed by atoms with Crippen LogP contribution in [0, 0.1) is 0 Å². The Bertz CT molecular complexity index is 4570. The number of carbonyl (C=O) groups is 1. The molecule has 12 rings (SSSR count). The zero-order valence-corrected chi connectivity index (χ0v) is 76.5. The van der Waals surface area contributed by atoms with Gasteiger partial charge in [0.2, 0.25) is 0 Å². The molecule has 9 aromatic carbocycles. The number of methoxy groups -OCH3 is 6. The number of thioether (sulfide) groups is 2. The molecule has 2 heterocycles. The molecule has 9 aromatic rings. The fourth-order valence-corrected chi connectivity index (χ4v) is 19.4. The number of fused-ring (bicyclic) bond motifs is 3. The van der Waals surface area contributed by atoms with Crippen molar-refractivity contribution in [2.45, 2.75) is 208 Å². The molecule has 11 nitrogen and oxygen atoms in total. The topological polar surface area (TPSA) is 120 Å². The molecule has 5 atom stereocenters. The largest absolute Gasteiger partial charge is 0.497 e. The number of benzene rings is 9. The van der Waals surface area contributed by atoms with Crippen molar-refractivity contribution in [2.24, 2.45) is 0 Å². The minimum absolute atomic E-state index is 0.0717. The number of hydrogen-bond donors (Lipinski definition) is 1. The second kappa shape index (κ2) is 35.9. The van der Waals surface area contributed by atoms with E-state index in [0.29, 0.717) is 13.2 Å². The molecule has 0 aromatic heterocycles. The first-order valence-electron chi connectivity index (χ1n) is 38.5. The average Bonchev–Trinajstić information content (AvgIpc) is 0.717. The standard InChI is InChI=1S/C32H42O4Si.C31H40O3SSi.C18H18O3S.C13H21BrOSi/c1-30(2,3)37(7,8)36-22-23-9-11-26(12-10-23)32(33)29-18-17-28(35-6)21-24(29)19-20-31(32,4)25-13-15-27(34-5)16-14-25;1-30(2,3)36(7,8)34-20-22-9-11-23(12-10-22)29-27-18-17-26(33-6)19-28(27)35-21-31(29,4)24-13-15-25(32-5)16-14-24;1-18(12-4-6-13(20-2)7-5-12)11-22-16-10-14(21-3)8-9-15(16)17(18)19;1-13(2,3)16(4,5)15-10-11-6-8-12(14)9-7-11/h9-18,21,33H,19-20,22H2,1-8H3;9-19,29H,20-21H2,1-8H3;4-10H,11H2,1-3H3;6-9H,10H2,1-5H3/t;29-,31-;;/m.1../s1. The Morgan fingerprint density at radius 3 is 1.25 bits per heavy atom. The van der Waals surface area contributed by atoms with E-state index in [2.05, 4.69) is 265 Å². The number of ketones is 1. The van der Waals surface area contributed by atoms with Crippen molar-refractivity contribution < 1.29 is 51.6 Å². The van der Waals surface area contributed by atoms with Crippen LogP contribution in [0.15, 0.2) is 214 Å². The summed E-state index contributed by atoms with van der Waals surface area (Å²) in [6.45, 7) is 42.7. The van der Waals surface area contributed by atoms with Crippen molar-refractivity contribution in [3.05, 3.63) is 271 Å². The number of Topliss-reactive ketones (excluding diaryl/α,β-unsaturated/α-hetero) is 1. The summed E-state index contributed by atoms with van der Waals surface area (Å²) in [6, 6.07) is 68.5. The summed E-state index contributed by atoms with van der Waals surface area (Å²) in [5, 5.41) is 13.5. The van der Waals surface area contributed by atoms with Gasteiger partial charge in [0, 0.05) is 48.1 Å². The van der Waals surface area contributed by atoms with Gasteiger partial charge in [-0.15, -0.1) is 23.5 Å². The molecule has 594 valence electrons. The van der Waals surface area contributed by atoms with Gasteiger partial charge in [-0.1, -0.05) is 201 Å². The molecular weight excluding hydrogens is 1530 g/mol. The molecule has 111 heavy (non-hydrogen) atoms. The van der Waals surface area contributed by atoms with E-state index in [4.69, 9.17) is 41.7 Å². The Kier molecular flexibility index (Phi) is 28.5. The van der Waals surface area contributed by atoms with Gasteiger partial charge in [-0.25, -0.2) is 0 Å². The zero-order valence-electron chi connectivity index (χ0n) is 70.3. The molecule has 0 fully saturated rings. The average molecular weight is 1660 g/mol. The van der Waals surface area contributed by atoms with Crippen molar-refractivity contribution in [3.63, 3.8) is 0 Å². The fourth-order valence-electron chi connectivity index (χ4n) is 13.7. The molecule has 0 bridgehead atoms. The van der Waals surface area contributed by atoms with Gasteiger partial charge in [-0.2, -0.15) is 0 Å². The highest BCUT2D eigenvalue weighted by molar-refractivity contribution is 9.10. The summed E-state index contributed by atoms with van der Waals surface area (Å²) in [5.74, 6) is 7.09. The maximum absolute atomic E-state index is 13.0. The molecule has 0 saturated carbocycles. The van der Waals surface area contributed by atoms with E-state index in [-0.39, 0.29) is 32.2 Å². The number of aliphatic hydroxyl groups is 1. The van der Waals surface area contributed by atoms with Crippen LogP contribution in [0.4, 0.5) is 0 Å². The minimum atomic E-state index is -1.85. The molecular formula is C94H121BrO11S2Si3. The first-order valence-corrected chi connectivity index (χ1v) is 50.0. The van der Waals surface area contributed by atoms with Gasteiger partial charge in [0.05, 0.1) is 67.9 Å². The van der Waals surface area contributed by atoms with Crippen LogP contribution in [0.1, 0.15) is 167 Å². The van der Waals surface area contributed by atoms with Crippen molar-refractivity contribution in [1.29, 1.82) is 0 Å². The van der Waals surface area contributed by atoms with Crippen molar-refractivity contribution in [1.82, 2.24) is 0 Å². The molecule has 0 radical (unpaired) electrons. The van der Waals surface area contributed by atoms with E-state index in [9.17, 15) is 9.90 Å². The second-order valence-electron chi connectivity index (χ2n) is 34.8. The van der Waals surface area contributed by atoms with Gasteiger partial charge in [-0.05, 0) is 226 Å². The second-order valence-corrected chi connectivity index (χ2v) is 52.2. The fraction of sp³-hybridized carbons (Fsp3) is 0.415. The maximum atomic E-state index is 13.0. The van der Waals surface area contributed by atoms with E-state index < -0.39 is 41.4 Å². The van der Waals surface area contributed by atoms with Crippen LogP contribution in [0.25, 0.3) is 0 Å². The third kappa shape index (κ3) is 19.9. The normalized spacial score (nSPS) is 19.7. The summed E-state index contributed by atoms with van der Waals surface area (Å²) in [7, 11) is 4.83. The smallest absolute Gasteiger partial charge is 0.192 e. The van der Waals surface area contributed by atoms with Gasteiger partial charge in [0.25, 0.3) is 0 Å². The van der Waals surface area contributed by atoms with Crippen LogP contribution in [-0.2, 0) is 61.4 Å². The number of rotatable bonds is 20. The number of halogens is 1. The van der Waals surface area contributed by atoms with Gasteiger partial charge in [0.1, 0.15) is 40.1 Å². The van der Waals surface area contributed by atoms with Gasteiger partial charge in [0.15, 0.2) is 30.7 Å². The third-order valence-corrected chi connectivity index (χ3v) is 41.3. The lowest BCUT2D eigenvalue weighted by Gasteiger charge is -2.50. The van der Waals surface area contributed by atoms with E-state index in [1.165, 1.54) is 32.7 Å².